The van der Waals surface area contributed by atoms with Crippen molar-refractivity contribution in [2.75, 3.05) is 59.7 Å². The highest BCUT2D eigenvalue weighted by Gasteiger charge is 2.32. The molecule has 4 unspecified atom stereocenters. The minimum atomic E-state index is -0.396. The highest BCUT2D eigenvalue weighted by Crippen LogP contribution is 2.41. The molecule has 0 aliphatic rings. The molecule has 17 aromatic rings. The van der Waals surface area contributed by atoms with Crippen LogP contribution in [-0.2, 0) is 12.1 Å². The van der Waals surface area contributed by atoms with Crippen LogP contribution >= 0.6 is 0 Å². The molecule has 17 rings (SSSR count). The van der Waals surface area contributed by atoms with E-state index in [-0.39, 0.29) is 18.1 Å². The van der Waals surface area contributed by atoms with Crippen molar-refractivity contribution in [1.82, 2.24) is 29.8 Å². The lowest BCUT2D eigenvalue weighted by atomic mass is 9.87. The lowest BCUT2D eigenvalue weighted by molar-refractivity contribution is 0.400. The molecule has 0 spiro atoms. The summed E-state index contributed by atoms with van der Waals surface area (Å²) >= 11 is 0. The Hall–Kier alpha value is -14.1. The number of rotatable bonds is 21. The monoisotopic (exact) mass is 1660 g/mol. The second kappa shape index (κ2) is 41.9. The Morgan fingerprint density at radius 2 is 0.738 bits per heavy atom. The molecule has 5 N–H and O–H groups in total. The van der Waals surface area contributed by atoms with Gasteiger partial charge in [0.1, 0.15) is 5.54 Å². The van der Waals surface area contributed by atoms with Gasteiger partial charge in [-0.15, -0.1) is 0 Å². The number of hydrogen-bond acceptors (Lipinski definition) is 12. The van der Waals surface area contributed by atoms with Crippen LogP contribution in [0.4, 0.5) is 39.8 Å². The molecule has 0 saturated carbocycles. The molecule has 5 aromatic heterocycles. The zero-order valence-corrected chi connectivity index (χ0v) is 76.4. The molecule has 126 heavy (non-hydrogen) atoms. The lowest BCUT2D eigenvalue weighted by Gasteiger charge is -2.33. The fourth-order valence-corrected chi connectivity index (χ4v) is 17.4. The molecule has 0 amide bonds. The summed E-state index contributed by atoms with van der Waals surface area (Å²) in [5.41, 5.74) is 35.5. The average Bonchev–Trinajstić information content (AvgIpc) is 0.765. The largest absolute Gasteiger partial charge is 0.377 e. The van der Waals surface area contributed by atoms with Gasteiger partial charge in [0.25, 0.3) is 0 Å². The third kappa shape index (κ3) is 22.1. The first-order valence-corrected chi connectivity index (χ1v) is 43.5. The van der Waals surface area contributed by atoms with Crippen molar-refractivity contribution in [2.45, 2.75) is 127 Å². The number of hydrogen-bond donors (Lipinski definition) is 5. The third-order valence-electron chi connectivity index (χ3n) is 23.2. The van der Waals surface area contributed by atoms with Gasteiger partial charge in [0, 0.05) is 102 Å². The number of fused-ring (bicyclic) bond motifs is 3. The number of aryl methyl sites for hydroxylation is 13. The van der Waals surface area contributed by atoms with Crippen LogP contribution in [0.15, 0.2) is 340 Å². The maximum absolute atomic E-state index is 4.73. The topological polar surface area (TPSA) is 131 Å². The van der Waals surface area contributed by atoms with Gasteiger partial charge in [-0.3, -0.25) is 24.9 Å². The maximum atomic E-state index is 4.73. The van der Waals surface area contributed by atoms with Crippen molar-refractivity contribution in [3.63, 3.8) is 0 Å². The summed E-state index contributed by atoms with van der Waals surface area (Å²) in [5, 5.41) is 24.9. The van der Waals surface area contributed by atoms with Crippen LogP contribution in [0.2, 0.25) is 0 Å². The zero-order valence-electron chi connectivity index (χ0n) is 76.4. The fourth-order valence-electron chi connectivity index (χ4n) is 17.4. The number of nitrogens with one attached hydrogen (secondary N) is 5. The van der Waals surface area contributed by atoms with Crippen molar-refractivity contribution >= 4 is 72.3 Å². The van der Waals surface area contributed by atoms with Gasteiger partial charge in [-0.2, -0.15) is 0 Å². The van der Waals surface area contributed by atoms with Gasteiger partial charge in [0.05, 0.1) is 52.1 Å². The van der Waals surface area contributed by atoms with Crippen molar-refractivity contribution in [3.8, 4) is 0 Å². The molecule has 0 radical (unpaired) electrons. The summed E-state index contributed by atoms with van der Waals surface area (Å²) in [6.45, 7) is 31.1. The molecule has 636 valence electrons. The van der Waals surface area contributed by atoms with Gasteiger partial charge in [-0.1, -0.05) is 265 Å². The van der Waals surface area contributed by atoms with E-state index in [1.807, 2.05) is 85.6 Å². The predicted molar refractivity (Wildman–Crippen MR) is 535 cm³/mol. The fraction of sp³-hybridized carbons (Fsp3) is 0.202. The van der Waals surface area contributed by atoms with Crippen LogP contribution in [0, 0.1) is 90.0 Å². The number of nitrogens with zero attached hydrogens (tertiary/aromatic N) is 7. The molecule has 0 aliphatic carbocycles. The van der Waals surface area contributed by atoms with E-state index in [4.69, 9.17) is 4.98 Å². The Morgan fingerprint density at radius 3 is 1.27 bits per heavy atom. The standard InChI is InChI=1S/C27H29N3.C24H29N3.C23H20N2.C22H24N2.C18H18N2/c1-18-16-19(2)26(20(3)17-18)29-27(23-13-6-7-15-28-23)22-12-8-10-21-11-9-14-24(25(21)22)30(4)5;1-17-14-18(2)23(19(3)15-17)26-24(22-12-8-9-13-25-22)21-11-7-6-10-20(21)16-27(4)5;1-17-14-15-18-9-5-6-12-20(18)22(17)25-23(19-10-3-2-4-11-19)21-13-7-8-16-24-21;1-16-14-17(2)21(18(3)15-16)24-22(4,19-10-6-5-7-11-19)20-12-8-9-13-23-20;1-12-10-13(2)17(14(3)11-12)20-16-8-4-6-15-7-5-9-19-18(15)16/h6-17,27,29H,1-5H3;6-15,24,26H,16H2,1-5H3;2-16,23,25H,1H3;5-15,24H,1-4H3;4-11,20H,1-3H3. The molecule has 0 saturated heterocycles. The molecule has 5 heterocycles. The molecule has 0 aliphatic heterocycles. The summed E-state index contributed by atoms with van der Waals surface area (Å²) in [6.07, 6.45) is 9.28. The first-order chi connectivity index (χ1) is 60.9. The van der Waals surface area contributed by atoms with E-state index in [2.05, 4.69) is 436 Å². The molecule has 12 aromatic carbocycles. The van der Waals surface area contributed by atoms with Gasteiger partial charge >= 0.3 is 0 Å². The normalized spacial score (nSPS) is 12.1. The van der Waals surface area contributed by atoms with Crippen molar-refractivity contribution in [1.29, 1.82) is 0 Å². The molecule has 12 nitrogen and oxygen atoms in total. The van der Waals surface area contributed by atoms with E-state index >= 15 is 0 Å². The van der Waals surface area contributed by atoms with Gasteiger partial charge in [-0.25, -0.2) is 0 Å². The van der Waals surface area contributed by atoms with E-state index in [0.717, 1.165) is 51.6 Å². The highest BCUT2D eigenvalue weighted by molar-refractivity contribution is 5.98. The van der Waals surface area contributed by atoms with E-state index < -0.39 is 5.54 Å². The second-order valence-electron chi connectivity index (χ2n) is 33.9. The summed E-state index contributed by atoms with van der Waals surface area (Å²) in [7, 11) is 8.41. The van der Waals surface area contributed by atoms with Gasteiger partial charge in [-0.05, 0) is 266 Å². The lowest BCUT2D eigenvalue weighted by Crippen LogP contribution is -2.34. The van der Waals surface area contributed by atoms with Gasteiger partial charge in [0.15, 0.2) is 0 Å². The van der Waals surface area contributed by atoms with E-state index in [1.165, 1.54) is 150 Å². The quantitative estimate of drug-likeness (QED) is 0.0469. The SMILES string of the molecule is Cc1cc(C)c(NC(C)(c2ccccc2)c2ccccn2)c(C)c1.Cc1cc(C)c(NC(c2ccccn2)c2cccc3cccc(N(C)C)c23)c(C)c1.Cc1cc(C)c(NC(c2ccccn2)c2ccccc2CN(C)C)c(C)c1.Cc1cc(C)c(Nc2cccc3cccnc23)c(C)c1.Cc1ccc2ccccc2c1NC(c1ccccc1)c1ccccn1. The number of para-hydroxylation sites is 1. The van der Waals surface area contributed by atoms with Gasteiger partial charge in [0.2, 0.25) is 0 Å². The average molecular weight is 1660 g/mol. The summed E-state index contributed by atoms with van der Waals surface area (Å²) in [5.74, 6) is 0. The van der Waals surface area contributed by atoms with Crippen molar-refractivity contribution in [2.24, 2.45) is 0 Å². The van der Waals surface area contributed by atoms with Crippen LogP contribution in [-0.4, -0.2) is 58.0 Å². The van der Waals surface area contributed by atoms with E-state index in [9.17, 15) is 0 Å². The predicted octanol–water partition coefficient (Wildman–Crippen LogP) is 27.7. The molecule has 4 atom stereocenters. The first-order valence-electron chi connectivity index (χ1n) is 43.5. The summed E-state index contributed by atoms with van der Waals surface area (Å²) in [4.78, 5) is 27.5. The molecular formula is C114H120N12. The number of anilines is 7. The Balaban J connectivity index is 0.000000136. The van der Waals surface area contributed by atoms with Crippen LogP contribution in [0.25, 0.3) is 32.4 Å². The first kappa shape index (κ1) is 89.7. The minimum Gasteiger partial charge on any atom is -0.377 e. The van der Waals surface area contributed by atoms with E-state index in [1.54, 1.807) is 0 Å². The zero-order chi connectivity index (χ0) is 89.0. The van der Waals surface area contributed by atoms with Crippen molar-refractivity contribution in [3.05, 3.63) is 463 Å². The molecule has 0 bridgehead atoms. The third-order valence-corrected chi connectivity index (χ3v) is 23.2. The molecule has 0 fully saturated rings. The van der Waals surface area contributed by atoms with E-state index in [0.29, 0.717) is 0 Å². The molecular weight excluding hydrogens is 1540 g/mol. The highest BCUT2D eigenvalue weighted by atomic mass is 15.1. The Morgan fingerprint density at radius 1 is 0.317 bits per heavy atom. The van der Waals surface area contributed by atoms with Crippen molar-refractivity contribution < 1.29 is 0 Å². The Labute approximate surface area is 747 Å². The van der Waals surface area contributed by atoms with Crippen LogP contribution < -0.4 is 31.5 Å². The van der Waals surface area contributed by atoms with Crippen LogP contribution in [0.5, 0.6) is 0 Å². The molecule has 12 heteroatoms. The maximum Gasteiger partial charge on any atom is 0.102 e. The smallest absolute Gasteiger partial charge is 0.102 e. The Kier molecular flexibility index (Phi) is 29.8. The number of aromatic nitrogens is 5. The van der Waals surface area contributed by atoms with Gasteiger partial charge < -0.3 is 36.4 Å². The summed E-state index contributed by atoms with van der Waals surface area (Å²) in [6, 6.07) is 108. The van der Waals surface area contributed by atoms with Crippen LogP contribution in [0.1, 0.15) is 148 Å². The Bertz CT molecular complexity index is 6300. The number of pyridine rings is 5. The number of benzene rings is 12. The summed E-state index contributed by atoms with van der Waals surface area (Å²) < 4.78 is 0. The van der Waals surface area contributed by atoms with Crippen LogP contribution in [0.3, 0.4) is 0 Å². The second-order valence-corrected chi connectivity index (χ2v) is 33.9. The minimum absolute atomic E-state index is 0.00227.